The van der Waals surface area contributed by atoms with E-state index in [-0.39, 0.29) is 19.1 Å². The predicted molar refractivity (Wildman–Crippen MR) is 150 cm³/mol. The number of ether oxygens (including phenoxy) is 4. The molecule has 1 aliphatic heterocycles. The Hall–Kier alpha value is -4.31. The molecule has 0 saturated carbocycles. The van der Waals surface area contributed by atoms with Crippen molar-refractivity contribution in [2.24, 2.45) is 5.92 Å². The minimum atomic E-state index is -0.509. The molecule has 4 aromatic rings. The monoisotopic (exact) mass is 558 g/mol. The molecule has 10 heteroatoms. The number of carbonyl (C=O) groups excluding carboxylic acids is 2. The average molecular weight is 559 g/mol. The molecular formula is C31H34N4O6. The molecule has 41 heavy (non-hydrogen) atoms. The van der Waals surface area contributed by atoms with E-state index in [0.717, 1.165) is 19.3 Å². The zero-order chi connectivity index (χ0) is 28.4. The highest BCUT2D eigenvalue weighted by Gasteiger charge is 2.39. The predicted octanol–water partition coefficient (Wildman–Crippen LogP) is 5.40. The summed E-state index contributed by atoms with van der Waals surface area (Å²) in [6.07, 6.45) is 6.99. The fourth-order valence-corrected chi connectivity index (χ4v) is 4.81. The molecule has 1 saturated heterocycles. The van der Waals surface area contributed by atoms with E-state index in [2.05, 4.69) is 21.9 Å². The molecule has 1 aliphatic rings. The Morgan fingerprint density at radius 3 is 2.24 bits per heavy atom. The minimum Gasteiger partial charge on any atom is -0.476 e. The van der Waals surface area contributed by atoms with Gasteiger partial charge in [-0.1, -0.05) is 62.6 Å². The van der Waals surface area contributed by atoms with Gasteiger partial charge in [0.25, 0.3) is 0 Å². The second-order valence-electron chi connectivity index (χ2n) is 9.97. The number of rotatable bonds is 13. The highest BCUT2D eigenvalue weighted by molar-refractivity contribution is 5.89. The van der Waals surface area contributed by atoms with Crippen molar-refractivity contribution in [2.75, 3.05) is 19.8 Å². The topological polar surface area (TPSA) is 115 Å². The first-order valence-corrected chi connectivity index (χ1v) is 14.0. The highest BCUT2D eigenvalue weighted by atomic mass is 16.6. The SMILES string of the molecule is CCCCCCOc1ncnc2c1ncn2[C@@H]1C[C@H](COC(=O)c2ccccc2)[C@@H](COC(=O)c2ccccc2)O1. The van der Waals surface area contributed by atoms with Gasteiger partial charge in [0.2, 0.25) is 5.88 Å². The van der Waals surface area contributed by atoms with Crippen LogP contribution in [0.1, 0.15) is 66.0 Å². The van der Waals surface area contributed by atoms with E-state index in [9.17, 15) is 9.59 Å². The smallest absolute Gasteiger partial charge is 0.338 e. The standard InChI is InChI=1S/C31H34N4O6/c1-2-3-4-11-16-38-29-27-28(32-20-33-29)35(21-34-27)26-17-24(18-39-30(36)22-12-7-5-8-13-22)25(41-26)19-40-31(37)23-14-9-6-10-15-23/h5-10,12-15,20-21,24-26H,2-4,11,16-19H2,1H3/t24-,25-,26+/m1/s1. The Balaban J connectivity index is 1.29. The lowest BCUT2D eigenvalue weighted by Gasteiger charge is -2.18. The van der Waals surface area contributed by atoms with Gasteiger partial charge in [0.1, 0.15) is 25.3 Å². The zero-order valence-electron chi connectivity index (χ0n) is 23.1. The lowest BCUT2D eigenvalue weighted by Crippen LogP contribution is -2.28. The maximum absolute atomic E-state index is 12.6. The van der Waals surface area contributed by atoms with Crippen LogP contribution in [-0.4, -0.2) is 57.4 Å². The van der Waals surface area contributed by atoms with Gasteiger partial charge in [-0.05, 0) is 30.7 Å². The molecule has 0 N–H and O–H groups in total. The maximum atomic E-state index is 12.6. The van der Waals surface area contributed by atoms with E-state index in [1.807, 2.05) is 16.7 Å². The van der Waals surface area contributed by atoms with Crippen LogP contribution in [-0.2, 0) is 14.2 Å². The van der Waals surface area contributed by atoms with Crippen molar-refractivity contribution in [1.82, 2.24) is 19.5 Å². The molecule has 2 aromatic heterocycles. The first kappa shape index (κ1) is 28.2. The van der Waals surface area contributed by atoms with Crippen molar-refractivity contribution in [3.63, 3.8) is 0 Å². The number of hydrogen-bond donors (Lipinski definition) is 0. The first-order chi connectivity index (χ1) is 20.1. The molecule has 214 valence electrons. The van der Waals surface area contributed by atoms with E-state index in [4.69, 9.17) is 18.9 Å². The Kier molecular flexibility index (Phi) is 9.53. The molecule has 0 amide bonds. The largest absolute Gasteiger partial charge is 0.476 e. The third kappa shape index (κ3) is 7.07. The lowest BCUT2D eigenvalue weighted by molar-refractivity contribution is -0.0438. The van der Waals surface area contributed by atoms with Gasteiger partial charge in [-0.15, -0.1) is 0 Å². The van der Waals surface area contributed by atoms with Gasteiger partial charge >= 0.3 is 11.9 Å². The quantitative estimate of drug-likeness (QED) is 0.157. The van der Waals surface area contributed by atoms with Crippen LogP contribution in [0.15, 0.2) is 73.3 Å². The number of esters is 2. The fraction of sp³-hybridized carbons (Fsp3) is 0.387. The number of aromatic nitrogens is 4. The Morgan fingerprint density at radius 2 is 1.56 bits per heavy atom. The summed E-state index contributed by atoms with van der Waals surface area (Å²) in [4.78, 5) is 38.5. The van der Waals surface area contributed by atoms with Crippen molar-refractivity contribution in [3.8, 4) is 5.88 Å². The molecular weight excluding hydrogens is 524 g/mol. The molecule has 0 unspecified atom stereocenters. The number of fused-ring (bicyclic) bond motifs is 1. The van der Waals surface area contributed by atoms with Crippen LogP contribution < -0.4 is 4.74 Å². The van der Waals surface area contributed by atoms with Crippen molar-refractivity contribution in [1.29, 1.82) is 0 Å². The van der Waals surface area contributed by atoms with E-state index in [1.165, 1.54) is 12.7 Å². The van der Waals surface area contributed by atoms with E-state index in [0.29, 0.717) is 41.2 Å². The van der Waals surface area contributed by atoms with Crippen LogP contribution in [0, 0.1) is 5.92 Å². The molecule has 10 nitrogen and oxygen atoms in total. The van der Waals surface area contributed by atoms with Gasteiger partial charge in [-0.25, -0.2) is 19.6 Å². The third-order valence-electron chi connectivity index (χ3n) is 7.06. The summed E-state index contributed by atoms with van der Waals surface area (Å²) in [6.45, 7) is 2.84. The number of benzene rings is 2. The highest BCUT2D eigenvalue weighted by Crippen LogP contribution is 2.36. The van der Waals surface area contributed by atoms with Crippen LogP contribution in [0.2, 0.25) is 0 Å². The Bertz CT molecular complexity index is 1370. The van der Waals surface area contributed by atoms with E-state index in [1.54, 1.807) is 54.9 Å². The number of hydrogen-bond acceptors (Lipinski definition) is 9. The van der Waals surface area contributed by atoms with Crippen molar-refractivity contribution < 1.29 is 28.5 Å². The summed E-state index contributed by atoms with van der Waals surface area (Å²) in [5.74, 6) is -0.662. The van der Waals surface area contributed by atoms with Crippen molar-refractivity contribution in [2.45, 2.75) is 51.4 Å². The van der Waals surface area contributed by atoms with Crippen molar-refractivity contribution in [3.05, 3.63) is 84.4 Å². The van der Waals surface area contributed by atoms with Gasteiger partial charge in [0.15, 0.2) is 11.2 Å². The van der Waals surface area contributed by atoms with Gasteiger partial charge in [-0.3, -0.25) is 4.57 Å². The number of carbonyl (C=O) groups is 2. The summed E-state index contributed by atoms with van der Waals surface area (Å²) in [6, 6.07) is 17.6. The summed E-state index contributed by atoms with van der Waals surface area (Å²) < 4.78 is 25.4. The fourth-order valence-electron chi connectivity index (χ4n) is 4.81. The molecule has 0 aliphatic carbocycles. The average Bonchev–Trinajstić information content (AvgIpc) is 3.64. The molecule has 1 fully saturated rings. The normalized spacial score (nSPS) is 18.3. The Labute approximate surface area is 238 Å². The first-order valence-electron chi connectivity index (χ1n) is 14.0. The molecule has 3 atom stereocenters. The maximum Gasteiger partial charge on any atom is 0.338 e. The van der Waals surface area contributed by atoms with Crippen LogP contribution in [0.4, 0.5) is 0 Å². The van der Waals surface area contributed by atoms with Crippen LogP contribution >= 0.6 is 0 Å². The van der Waals surface area contributed by atoms with Crippen LogP contribution in [0.5, 0.6) is 5.88 Å². The summed E-state index contributed by atoms with van der Waals surface area (Å²) in [5, 5.41) is 0. The minimum absolute atomic E-state index is 0.00547. The summed E-state index contributed by atoms with van der Waals surface area (Å²) in [7, 11) is 0. The van der Waals surface area contributed by atoms with E-state index < -0.39 is 24.3 Å². The molecule has 0 bridgehead atoms. The molecule has 0 radical (unpaired) electrons. The molecule has 0 spiro atoms. The second-order valence-corrected chi connectivity index (χ2v) is 9.97. The molecule has 2 aromatic carbocycles. The Morgan fingerprint density at radius 1 is 0.878 bits per heavy atom. The van der Waals surface area contributed by atoms with Crippen LogP contribution in [0.25, 0.3) is 11.2 Å². The van der Waals surface area contributed by atoms with Crippen molar-refractivity contribution >= 4 is 23.1 Å². The van der Waals surface area contributed by atoms with Gasteiger partial charge < -0.3 is 18.9 Å². The van der Waals surface area contributed by atoms with Crippen LogP contribution in [0.3, 0.4) is 0 Å². The van der Waals surface area contributed by atoms with Gasteiger partial charge in [0.05, 0.1) is 30.7 Å². The van der Waals surface area contributed by atoms with Gasteiger partial charge in [0, 0.05) is 12.3 Å². The molecule has 3 heterocycles. The molecule has 5 rings (SSSR count). The summed E-state index contributed by atoms with van der Waals surface area (Å²) in [5.41, 5.74) is 2.05. The summed E-state index contributed by atoms with van der Waals surface area (Å²) >= 11 is 0. The lowest BCUT2D eigenvalue weighted by atomic mass is 10.0. The number of imidazole rings is 1. The zero-order valence-corrected chi connectivity index (χ0v) is 23.1. The third-order valence-corrected chi connectivity index (χ3v) is 7.06. The number of nitrogens with zero attached hydrogens (tertiary/aromatic N) is 4. The van der Waals surface area contributed by atoms with Gasteiger partial charge in [-0.2, -0.15) is 4.98 Å². The van der Waals surface area contributed by atoms with E-state index >= 15 is 0 Å². The second kappa shape index (κ2) is 13.8. The number of unbranched alkanes of at least 4 members (excludes halogenated alkanes) is 3.